The van der Waals surface area contributed by atoms with Crippen molar-refractivity contribution in [2.45, 2.75) is 34.2 Å². The van der Waals surface area contributed by atoms with E-state index in [4.69, 9.17) is 0 Å². The minimum absolute atomic E-state index is 0. The molecule has 2 rings (SSSR count). The van der Waals surface area contributed by atoms with Gasteiger partial charge in [0.15, 0.2) is 11.9 Å². The molecule has 0 bridgehead atoms. The number of hydrogen-bond donors (Lipinski definition) is 0. The summed E-state index contributed by atoms with van der Waals surface area (Å²) in [5, 5.41) is 0. The molecule has 0 amide bonds. The van der Waals surface area contributed by atoms with Crippen LogP contribution in [0.15, 0.2) is 36.5 Å². The van der Waals surface area contributed by atoms with Crippen LogP contribution < -0.4 is 21.5 Å². The summed E-state index contributed by atoms with van der Waals surface area (Å²) in [4.78, 5) is 12.5. The topological polar surface area (TPSA) is 20.9 Å². The fraction of sp³-hybridized carbons (Fsp3) is 0.294. The molecule has 0 spiro atoms. The highest BCUT2D eigenvalue weighted by Crippen LogP contribution is 2.17. The van der Waals surface area contributed by atoms with Crippen LogP contribution in [0.25, 0.3) is 0 Å². The molecule has 106 valence electrons. The van der Waals surface area contributed by atoms with Crippen molar-refractivity contribution in [3.63, 3.8) is 0 Å². The van der Waals surface area contributed by atoms with Crippen molar-refractivity contribution in [3.05, 3.63) is 64.5 Å². The summed E-state index contributed by atoms with van der Waals surface area (Å²) >= 11 is 0. The molecule has 0 atom stereocenters. The van der Waals surface area contributed by atoms with E-state index in [1.807, 2.05) is 49.7 Å². The summed E-state index contributed by atoms with van der Waals surface area (Å²) in [6.07, 6.45) is 1.95. The van der Waals surface area contributed by atoms with E-state index in [1.165, 1.54) is 5.56 Å². The first kappa shape index (κ1) is 16.6. The molecule has 0 N–H and O–H groups in total. The number of nitrogens with zero attached hydrogens (tertiary/aromatic N) is 1. The van der Waals surface area contributed by atoms with Crippen LogP contribution in [0.4, 0.5) is 0 Å². The first-order chi connectivity index (χ1) is 8.99. The van der Waals surface area contributed by atoms with Gasteiger partial charge in [0, 0.05) is 24.6 Å². The molecule has 1 heterocycles. The van der Waals surface area contributed by atoms with Crippen molar-refractivity contribution >= 4 is 5.78 Å². The molecule has 0 fully saturated rings. The number of halogens is 1. The zero-order valence-electron chi connectivity index (χ0n) is 12.4. The van der Waals surface area contributed by atoms with Crippen LogP contribution in [0.1, 0.15) is 32.7 Å². The average molecular weight is 334 g/mol. The van der Waals surface area contributed by atoms with Gasteiger partial charge < -0.3 is 17.0 Å². The smallest absolute Gasteiger partial charge is 0.228 e. The van der Waals surface area contributed by atoms with Crippen molar-refractivity contribution in [2.75, 3.05) is 0 Å². The minimum atomic E-state index is 0. The Balaban J connectivity index is 0.00000200. The van der Waals surface area contributed by atoms with Gasteiger partial charge in [-0.05, 0) is 31.9 Å². The third-order valence-corrected chi connectivity index (χ3v) is 3.44. The Hall–Kier alpha value is -1.48. The maximum Gasteiger partial charge on any atom is 0.228 e. The van der Waals surface area contributed by atoms with Gasteiger partial charge in [0.2, 0.25) is 12.3 Å². The monoisotopic (exact) mass is 333 g/mol. The minimum Gasteiger partial charge on any atom is -1.00 e. The largest absolute Gasteiger partial charge is 1.00 e. The van der Waals surface area contributed by atoms with Crippen molar-refractivity contribution < 1.29 is 26.3 Å². The molecule has 0 saturated heterocycles. The third-order valence-electron chi connectivity index (χ3n) is 3.44. The molecule has 0 unspecified atom stereocenters. The molecule has 0 aliphatic rings. The maximum absolute atomic E-state index is 12.5. The van der Waals surface area contributed by atoms with Gasteiger partial charge in [-0.25, -0.2) is 0 Å². The molecule has 3 heteroatoms. The summed E-state index contributed by atoms with van der Waals surface area (Å²) < 4.78 is 1.99. The lowest BCUT2D eigenvalue weighted by Gasteiger charge is -2.09. The lowest BCUT2D eigenvalue weighted by atomic mass is 9.96. The van der Waals surface area contributed by atoms with Gasteiger partial charge in [0.25, 0.3) is 0 Å². The lowest BCUT2D eigenvalue weighted by Crippen LogP contribution is -3.00. The van der Waals surface area contributed by atoms with Crippen LogP contribution in [0, 0.1) is 27.7 Å². The first-order valence-electron chi connectivity index (χ1n) is 6.55. The molecule has 0 aliphatic heterocycles. The van der Waals surface area contributed by atoms with Gasteiger partial charge >= 0.3 is 0 Å². The number of rotatable bonds is 3. The summed E-state index contributed by atoms with van der Waals surface area (Å²) in [6, 6.07) is 10.1. The number of carbonyl (C=O) groups excluding carboxylic acids is 1. The Labute approximate surface area is 131 Å². The summed E-state index contributed by atoms with van der Waals surface area (Å²) in [5.41, 5.74) is 5.29. The standard InChI is InChI=1S/C17H20NO.BrH/c1-12-9-13(2)17(14(3)10-12)16(19)11-18-8-6-5-7-15(18)4;/h5-10H,11H2,1-4H3;1H/q+1;/p-1. The number of ketones is 1. The third kappa shape index (κ3) is 3.54. The van der Waals surface area contributed by atoms with Crippen molar-refractivity contribution in [3.8, 4) is 0 Å². The van der Waals surface area contributed by atoms with Crippen LogP contribution in [0.2, 0.25) is 0 Å². The number of pyridine rings is 1. The van der Waals surface area contributed by atoms with E-state index in [9.17, 15) is 4.79 Å². The number of benzene rings is 1. The van der Waals surface area contributed by atoms with Crippen LogP contribution in [0.3, 0.4) is 0 Å². The Morgan fingerprint density at radius 1 is 1.05 bits per heavy atom. The molecule has 1 aromatic heterocycles. The molecule has 2 nitrogen and oxygen atoms in total. The number of aryl methyl sites for hydroxylation is 4. The van der Waals surface area contributed by atoms with Gasteiger partial charge in [-0.3, -0.25) is 4.79 Å². The highest BCUT2D eigenvalue weighted by molar-refractivity contribution is 5.98. The Morgan fingerprint density at radius 2 is 1.65 bits per heavy atom. The second-order valence-electron chi connectivity index (χ2n) is 5.17. The average Bonchev–Trinajstić information content (AvgIpc) is 2.30. The quantitative estimate of drug-likeness (QED) is 0.576. The van der Waals surface area contributed by atoms with Crippen LogP contribution in [-0.2, 0) is 6.54 Å². The van der Waals surface area contributed by atoms with Crippen molar-refractivity contribution in [1.29, 1.82) is 0 Å². The van der Waals surface area contributed by atoms with E-state index < -0.39 is 0 Å². The number of aromatic nitrogens is 1. The van der Waals surface area contributed by atoms with Gasteiger partial charge in [-0.1, -0.05) is 23.8 Å². The van der Waals surface area contributed by atoms with Crippen molar-refractivity contribution in [1.82, 2.24) is 0 Å². The predicted molar refractivity (Wildman–Crippen MR) is 76.4 cm³/mol. The summed E-state index contributed by atoms with van der Waals surface area (Å²) in [5.74, 6) is 0.175. The number of hydrogen-bond acceptors (Lipinski definition) is 1. The SMILES string of the molecule is Cc1cc(C)c(C(=O)C[n+]2ccccc2C)c(C)c1.[Br-]. The van der Waals surface area contributed by atoms with Crippen LogP contribution in [-0.4, -0.2) is 5.78 Å². The van der Waals surface area contributed by atoms with Gasteiger partial charge in [0.1, 0.15) is 0 Å². The van der Waals surface area contributed by atoms with Gasteiger partial charge in [-0.2, -0.15) is 4.57 Å². The van der Waals surface area contributed by atoms with E-state index in [1.54, 1.807) is 0 Å². The van der Waals surface area contributed by atoms with E-state index >= 15 is 0 Å². The summed E-state index contributed by atoms with van der Waals surface area (Å²) in [6.45, 7) is 8.50. The molecule has 2 aromatic rings. The fourth-order valence-corrected chi connectivity index (χ4v) is 2.59. The second-order valence-corrected chi connectivity index (χ2v) is 5.17. The molecular formula is C17H20BrNO. The molecule has 1 aromatic carbocycles. The Kier molecular flexibility index (Phi) is 5.63. The Morgan fingerprint density at radius 3 is 2.20 bits per heavy atom. The second kappa shape index (κ2) is 6.80. The van der Waals surface area contributed by atoms with E-state index in [0.29, 0.717) is 6.54 Å². The Bertz CT molecular complexity index is 612. The highest BCUT2D eigenvalue weighted by atomic mass is 79.9. The zero-order valence-corrected chi connectivity index (χ0v) is 14.0. The van der Waals surface area contributed by atoms with Crippen molar-refractivity contribution in [2.24, 2.45) is 0 Å². The lowest BCUT2D eigenvalue weighted by molar-refractivity contribution is -0.689. The first-order valence-corrected chi connectivity index (χ1v) is 6.55. The van der Waals surface area contributed by atoms with E-state index in [-0.39, 0.29) is 22.8 Å². The normalized spacial score (nSPS) is 10.0. The van der Waals surface area contributed by atoms with Gasteiger partial charge in [0.05, 0.1) is 0 Å². The highest BCUT2D eigenvalue weighted by Gasteiger charge is 2.18. The fourth-order valence-electron chi connectivity index (χ4n) is 2.59. The van der Waals surface area contributed by atoms with E-state index in [0.717, 1.165) is 22.4 Å². The van der Waals surface area contributed by atoms with E-state index in [2.05, 4.69) is 19.1 Å². The van der Waals surface area contributed by atoms with Crippen LogP contribution in [0.5, 0.6) is 0 Å². The zero-order chi connectivity index (χ0) is 14.0. The van der Waals surface area contributed by atoms with Crippen LogP contribution >= 0.6 is 0 Å². The maximum atomic E-state index is 12.5. The summed E-state index contributed by atoms with van der Waals surface area (Å²) in [7, 11) is 0. The molecule has 0 radical (unpaired) electrons. The molecule has 0 aliphatic carbocycles. The molecule has 0 saturated carbocycles. The number of Topliss-reactive ketones (excluding diaryl/α,β-unsaturated/α-hetero) is 1. The molecule has 20 heavy (non-hydrogen) atoms. The molecular weight excluding hydrogens is 314 g/mol. The number of carbonyl (C=O) groups is 1. The van der Waals surface area contributed by atoms with Gasteiger partial charge in [-0.15, -0.1) is 0 Å². The predicted octanol–water partition coefficient (Wildman–Crippen LogP) is 0.0947.